The summed E-state index contributed by atoms with van der Waals surface area (Å²) in [6.45, 7) is 2.31. The maximum Gasteiger partial charge on any atom is 0.247 e. The van der Waals surface area contributed by atoms with Gasteiger partial charge in [-0.15, -0.1) is 0 Å². The Labute approximate surface area is 161 Å². The van der Waals surface area contributed by atoms with Crippen molar-refractivity contribution in [3.05, 3.63) is 65.2 Å². The number of rotatable bonds is 8. The number of carbonyl (C=O) groups is 1. The lowest BCUT2D eigenvalue weighted by Crippen LogP contribution is -2.34. The molecule has 1 N–H and O–H groups in total. The summed E-state index contributed by atoms with van der Waals surface area (Å²) >= 11 is 0. The molecule has 5 heteroatoms. The molecule has 144 valence electrons. The van der Waals surface area contributed by atoms with Crippen LogP contribution in [0.15, 0.2) is 54.1 Å². The van der Waals surface area contributed by atoms with E-state index in [1.54, 1.807) is 14.2 Å². The van der Waals surface area contributed by atoms with E-state index in [9.17, 15) is 4.79 Å². The molecular formula is C22H28N2O3. The number of nitrogens with zero attached hydrogens (tertiary/aromatic N) is 1. The standard InChI is InChI=1S/C22H28N2O3/c1-16(13-17-9-7-6-8-10-17)22(25)23-15-19(24(2)3)18-11-12-20(26-4)21(14-18)27-5/h6-14,19H,15H2,1-5H3,(H,23,25)/b16-13+. The fourth-order valence-electron chi connectivity index (χ4n) is 2.85. The summed E-state index contributed by atoms with van der Waals surface area (Å²) in [7, 11) is 7.20. The molecule has 0 fully saturated rings. The largest absolute Gasteiger partial charge is 0.493 e. The summed E-state index contributed by atoms with van der Waals surface area (Å²) in [5, 5.41) is 3.03. The average molecular weight is 368 g/mol. The number of methoxy groups -OCH3 is 2. The van der Waals surface area contributed by atoms with Gasteiger partial charge in [0.15, 0.2) is 11.5 Å². The molecule has 0 heterocycles. The van der Waals surface area contributed by atoms with Gasteiger partial charge in [0.25, 0.3) is 0 Å². The van der Waals surface area contributed by atoms with E-state index in [4.69, 9.17) is 9.47 Å². The van der Waals surface area contributed by atoms with Gasteiger partial charge in [0.1, 0.15) is 0 Å². The van der Waals surface area contributed by atoms with Crippen LogP contribution >= 0.6 is 0 Å². The first-order valence-corrected chi connectivity index (χ1v) is 8.86. The number of likely N-dealkylation sites (N-methyl/N-ethyl adjacent to an activating group) is 1. The van der Waals surface area contributed by atoms with Crippen LogP contribution in [-0.2, 0) is 4.79 Å². The van der Waals surface area contributed by atoms with Gasteiger partial charge in [0.2, 0.25) is 5.91 Å². The first-order valence-electron chi connectivity index (χ1n) is 8.86. The van der Waals surface area contributed by atoms with Crippen LogP contribution < -0.4 is 14.8 Å². The molecule has 1 amide bonds. The van der Waals surface area contributed by atoms with Crippen molar-refractivity contribution in [1.82, 2.24) is 10.2 Å². The normalized spacial score (nSPS) is 12.6. The maximum atomic E-state index is 12.5. The van der Waals surface area contributed by atoms with Crippen LogP contribution in [0.1, 0.15) is 24.1 Å². The van der Waals surface area contributed by atoms with Gasteiger partial charge in [0, 0.05) is 12.1 Å². The SMILES string of the molecule is COc1ccc(C(CNC(=O)/C(C)=C/c2ccccc2)N(C)C)cc1OC. The van der Waals surface area contributed by atoms with Crippen molar-refractivity contribution >= 4 is 12.0 Å². The van der Waals surface area contributed by atoms with E-state index in [1.807, 2.05) is 75.6 Å². The zero-order valence-electron chi connectivity index (χ0n) is 16.7. The third kappa shape index (κ3) is 5.59. The average Bonchev–Trinajstić information content (AvgIpc) is 2.68. The van der Waals surface area contributed by atoms with Crippen molar-refractivity contribution < 1.29 is 14.3 Å². The Morgan fingerprint density at radius 3 is 2.33 bits per heavy atom. The van der Waals surface area contributed by atoms with E-state index in [0.717, 1.165) is 11.1 Å². The van der Waals surface area contributed by atoms with E-state index in [-0.39, 0.29) is 11.9 Å². The second-order valence-corrected chi connectivity index (χ2v) is 6.54. The molecule has 1 unspecified atom stereocenters. The topological polar surface area (TPSA) is 50.8 Å². The first-order chi connectivity index (χ1) is 13.0. The zero-order chi connectivity index (χ0) is 19.8. The van der Waals surface area contributed by atoms with Crippen molar-refractivity contribution in [2.75, 3.05) is 34.9 Å². The second kappa shape index (κ2) is 9.78. The molecule has 0 bridgehead atoms. The Morgan fingerprint density at radius 2 is 1.74 bits per heavy atom. The van der Waals surface area contributed by atoms with Gasteiger partial charge in [0.05, 0.1) is 20.3 Å². The molecule has 2 rings (SSSR count). The van der Waals surface area contributed by atoms with E-state index in [2.05, 4.69) is 10.2 Å². The van der Waals surface area contributed by atoms with E-state index in [1.165, 1.54) is 0 Å². The van der Waals surface area contributed by atoms with Crippen LogP contribution in [0.3, 0.4) is 0 Å². The minimum Gasteiger partial charge on any atom is -0.493 e. The van der Waals surface area contributed by atoms with Crippen molar-refractivity contribution in [3.63, 3.8) is 0 Å². The number of hydrogen-bond acceptors (Lipinski definition) is 4. The molecule has 27 heavy (non-hydrogen) atoms. The van der Waals surface area contributed by atoms with E-state index < -0.39 is 0 Å². The predicted molar refractivity (Wildman–Crippen MR) is 109 cm³/mol. The number of hydrogen-bond donors (Lipinski definition) is 1. The monoisotopic (exact) mass is 368 g/mol. The van der Waals surface area contributed by atoms with Crippen LogP contribution in [-0.4, -0.2) is 45.7 Å². The molecule has 1 atom stereocenters. The lowest BCUT2D eigenvalue weighted by Gasteiger charge is -2.26. The fraction of sp³-hybridized carbons (Fsp3) is 0.318. The number of amides is 1. The molecule has 0 aromatic heterocycles. The minimum atomic E-state index is -0.0776. The first kappa shape index (κ1) is 20.5. The third-order valence-electron chi connectivity index (χ3n) is 4.41. The van der Waals surface area contributed by atoms with Gasteiger partial charge < -0.3 is 19.7 Å². The van der Waals surface area contributed by atoms with Crippen molar-refractivity contribution in [2.45, 2.75) is 13.0 Å². The maximum absolute atomic E-state index is 12.5. The highest BCUT2D eigenvalue weighted by Gasteiger charge is 2.18. The van der Waals surface area contributed by atoms with Gasteiger partial charge in [-0.3, -0.25) is 4.79 Å². The second-order valence-electron chi connectivity index (χ2n) is 6.54. The molecule has 5 nitrogen and oxygen atoms in total. The highest BCUT2D eigenvalue weighted by Crippen LogP contribution is 2.31. The highest BCUT2D eigenvalue weighted by atomic mass is 16.5. The minimum absolute atomic E-state index is 0.0123. The van der Waals surface area contributed by atoms with Crippen LogP contribution in [0.5, 0.6) is 11.5 Å². The van der Waals surface area contributed by atoms with Crippen molar-refractivity contribution in [2.24, 2.45) is 0 Å². The molecule has 0 saturated carbocycles. The number of carbonyl (C=O) groups excluding carboxylic acids is 1. The summed E-state index contributed by atoms with van der Waals surface area (Å²) in [6, 6.07) is 15.6. The Morgan fingerprint density at radius 1 is 1.07 bits per heavy atom. The molecule has 0 spiro atoms. The molecule has 0 aliphatic rings. The van der Waals surface area contributed by atoms with Crippen molar-refractivity contribution in [3.8, 4) is 11.5 Å². The quantitative estimate of drug-likeness (QED) is 0.724. The molecule has 0 aliphatic carbocycles. The molecule has 0 saturated heterocycles. The highest BCUT2D eigenvalue weighted by molar-refractivity contribution is 5.97. The van der Waals surface area contributed by atoms with E-state index >= 15 is 0 Å². The van der Waals surface area contributed by atoms with Crippen molar-refractivity contribution in [1.29, 1.82) is 0 Å². The summed E-state index contributed by atoms with van der Waals surface area (Å²) in [6.07, 6.45) is 1.89. The van der Waals surface area contributed by atoms with Crippen LogP contribution in [0, 0.1) is 0 Å². The Hall–Kier alpha value is -2.79. The van der Waals surface area contributed by atoms with Crippen LogP contribution in [0.4, 0.5) is 0 Å². The van der Waals surface area contributed by atoms with E-state index in [0.29, 0.717) is 23.6 Å². The Balaban J connectivity index is 2.10. The zero-order valence-corrected chi connectivity index (χ0v) is 16.7. The van der Waals surface area contributed by atoms with Gasteiger partial charge >= 0.3 is 0 Å². The molecule has 0 aliphatic heterocycles. The fourth-order valence-corrected chi connectivity index (χ4v) is 2.85. The summed E-state index contributed by atoms with van der Waals surface area (Å²) in [5.74, 6) is 1.28. The lowest BCUT2D eigenvalue weighted by molar-refractivity contribution is -0.117. The molecule has 2 aromatic rings. The summed E-state index contributed by atoms with van der Waals surface area (Å²) in [5.41, 5.74) is 2.72. The predicted octanol–water partition coefficient (Wildman–Crippen LogP) is 3.53. The van der Waals surface area contributed by atoms with Crippen LogP contribution in [0.25, 0.3) is 6.08 Å². The smallest absolute Gasteiger partial charge is 0.247 e. The number of ether oxygens (including phenoxy) is 2. The molecular weight excluding hydrogens is 340 g/mol. The Kier molecular flexibility index (Phi) is 7.44. The molecule has 2 aromatic carbocycles. The summed E-state index contributed by atoms with van der Waals surface area (Å²) < 4.78 is 10.7. The van der Waals surface area contributed by atoms with Crippen LogP contribution in [0.2, 0.25) is 0 Å². The van der Waals surface area contributed by atoms with Gasteiger partial charge in [-0.2, -0.15) is 0 Å². The van der Waals surface area contributed by atoms with Gasteiger partial charge in [-0.1, -0.05) is 36.4 Å². The lowest BCUT2D eigenvalue weighted by atomic mass is 10.0. The summed E-state index contributed by atoms with van der Waals surface area (Å²) in [4.78, 5) is 14.6. The van der Waals surface area contributed by atoms with Gasteiger partial charge in [-0.25, -0.2) is 0 Å². The van der Waals surface area contributed by atoms with Gasteiger partial charge in [-0.05, 0) is 50.4 Å². The molecule has 0 radical (unpaired) electrons. The number of nitrogens with one attached hydrogen (secondary N) is 1. The Bertz CT molecular complexity index is 785. The number of benzene rings is 2. The third-order valence-corrected chi connectivity index (χ3v) is 4.41.